The van der Waals surface area contributed by atoms with Crippen molar-refractivity contribution in [1.82, 2.24) is 9.97 Å². The number of aromatic nitrogens is 2. The van der Waals surface area contributed by atoms with Crippen molar-refractivity contribution in [2.45, 2.75) is 38.1 Å². The van der Waals surface area contributed by atoms with Crippen LogP contribution in [0, 0.1) is 0 Å². The average Bonchev–Trinajstić information content (AvgIpc) is 2.39. The zero-order valence-electron chi connectivity index (χ0n) is 10.2. The van der Waals surface area contributed by atoms with Gasteiger partial charge in [0.1, 0.15) is 6.54 Å². The Morgan fingerprint density at radius 1 is 1.22 bits per heavy atom. The van der Waals surface area contributed by atoms with Gasteiger partial charge in [0, 0.05) is 18.4 Å². The van der Waals surface area contributed by atoms with Crippen LogP contribution in [0.5, 0.6) is 0 Å². The van der Waals surface area contributed by atoms with Gasteiger partial charge >= 0.3 is 5.97 Å². The fourth-order valence-electron chi connectivity index (χ4n) is 2.17. The molecule has 0 saturated heterocycles. The van der Waals surface area contributed by atoms with Gasteiger partial charge in [-0.15, -0.1) is 0 Å². The highest BCUT2D eigenvalue weighted by Gasteiger charge is 2.15. The lowest BCUT2D eigenvalue weighted by molar-refractivity contribution is -0.134. The standard InChI is InChI=1S/C12H18N4O2/c17-10(18)8-15-11-12(14-7-6-13-11)16-9-4-2-1-3-5-9/h6-7,9H,1-5,8H2,(H,13,15)(H,14,16)(H,17,18). The van der Waals surface area contributed by atoms with Crippen molar-refractivity contribution in [2.75, 3.05) is 17.2 Å². The van der Waals surface area contributed by atoms with Gasteiger partial charge in [0.25, 0.3) is 0 Å². The predicted octanol–water partition coefficient (Wildman–Crippen LogP) is 1.72. The van der Waals surface area contributed by atoms with E-state index < -0.39 is 5.97 Å². The molecule has 0 unspecified atom stereocenters. The van der Waals surface area contributed by atoms with Gasteiger partial charge in [-0.3, -0.25) is 4.79 Å². The lowest BCUT2D eigenvalue weighted by Crippen LogP contribution is -2.24. The number of carboxylic acid groups (broad SMARTS) is 1. The summed E-state index contributed by atoms with van der Waals surface area (Å²) < 4.78 is 0. The van der Waals surface area contributed by atoms with E-state index in [2.05, 4.69) is 20.6 Å². The molecule has 3 N–H and O–H groups in total. The molecule has 98 valence electrons. The molecule has 0 bridgehead atoms. The topological polar surface area (TPSA) is 87.1 Å². The molecule has 0 atom stereocenters. The number of nitrogens with zero attached hydrogens (tertiary/aromatic N) is 2. The summed E-state index contributed by atoms with van der Waals surface area (Å²) in [5.74, 6) is 0.236. The first-order valence-corrected chi connectivity index (χ1v) is 6.29. The van der Waals surface area contributed by atoms with Gasteiger partial charge in [0.05, 0.1) is 0 Å². The number of carbonyl (C=O) groups is 1. The van der Waals surface area contributed by atoms with Gasteiger partial charge in [-0.05, 0) is 12.8 Å². The van der Waals surface area contributed by atoms with Crippen molar-refractivity contribution in [3.8, 4) is 0 Å². The monoisotopic (exact) mass is 250 g/mol. The molecule has 1 fully saturated rings. The Kier molecular flexibility index (Phi) is 4.33. The Morgan fingerprint density at radius 3 is 2.56 bits per heavy atom. The summed E-state index contributed by atoms with van der Waals surface area (Å²) in [6.45, 7) is -0.155. The van der Waals surface area contributed by atoms with Crippen LogP contribution < -0.4 is 10.6 Å². The molecule has 18 heavy (non-hydrogen) atoms. The molecule has 0 aromatic carbocycles. The van der Waals surface area contributed by atoms with E-state index in [1.165, 1.54) is 19.3 Å². The third kappa shape index (κ3) is 3.58. The van der Waals surface area contributed by atoms with Crippen molar-refractivity contribution in [1.29, 1.82) is 0 Å². The van der Waals surface area contributed by atoms with Gasteiger partial charge in [-0.2, -0.15) is 0 Å². The summed E-state index contributed by atoms with van der Waals surface area (Å²) in [7, 11) is 0. The minimum atomic E-state index is -0.913. The van der Waals surface area contributed by atoms with Gasteiger partial charge in [0.15, 0.2) is 11.6 Å². The lowest BCUT2D eigenvalue weighted by atomic mass is 9.95. The summed E-state index contributed by atoms with van der Waals surface area (Å²) in [6.07, 6.45) is 9.19. The molecule has 6 nitrogen and oxygen atoms in total. The molecule has 6 heteroatoms. The highest BCUT2D eigenvalue weighted by atomic mass is 16.4. The smallest absolute Gasteiger partial charge is 0.322 e. The minimum absolute atomic E-state index is 0.155. The van der Waals surface area contributed by atoms with Crippen LogP contribution in [0.2, 0.25) is 0 Å². The molecule has 1 aromatic rings. The number of aliphatic carboxylic acids is 1. The summed E-state index contributed by atoms with van der Waals surface area (Å²) in [5.41, 5.74) is 0. The molecule has 0 spiro atoms. The van der Waals surface area contributed by atoms with E-state index >= 15 is 0 Å². The molecule has 0 aliphatic heterocycles. The van der Waals surface area contributed by atoms with Crippen LogP contribution in [-0.4, -0.2) is 33.6 Å². The Labute approximate surface area is 106 Å². The summed E-state index contributed by atoms with van der Waals surface area (Å²) in [6, 6.07) is 0.417. The number of anilines is 2. The molecule has 1 aliphatic rings. The second-order valence-corrected chi connectivity index (χ2v) is 4.48. The van der Waals surface area contributed by atoms with Crippen LogP contribution in [-0.2, 0) is 4.79 Å². The van der Waals surface area contributed by atoms with Crippen LogP contribution in [0.4, 0.5) is 11.6 Å². The van der Waals surface area contributed by atoms with E-state index in [0.29, 0.717) is 17.7 Å². The normalized spacial score (nSPS) is 16.2. The fraction of sp³-hybridized carbons (Fsp3) is 0.583. The summed E-state index contributed by atoms with van der Waals surface area (Å²) >= 11 is 0. The van der Waals surface area contributed by atoms with Crippen molar-refractivity contribution < 1.29 is 9.90 Å². The quantitative estimate of drug-likeness (QED) is 0.737. The Hall–Kier alpha value is -1.85. The average molecular weight is 250 g/mol. The molecule has 0 amide bonds. The Morgan fingerprint density at radius 2 is 1.89 bits per heavy atom. The summed E-state index contributed by atoms with van der Waals surface area (Å²) in [5, 5.41) is 14.8. The van der Waals surface area contributed by atoms with Crippen LogP contribution in [0.15, 0.2) is 12.4 Å². The number of hydrogen-bond acceptors (Lipinski definition) is 5. The van der Waals surface area contributed by atoms with E-state index in [0.717, 1.165) is 12.8 Å². The third-order valence-electron chi connectivity index (χ3n) is 3.05. The van der Waals surface area contributed by atoms with Gasteiger partial charge in [-0.1, -0.05) is 19.3 Å². The molecule has 1 aliphatic carbocycles. The first-order valence-electron chi connectivity index (χ1n) is 6.29. The van der Waals surface area contributed by atoms with Crippen molar-refractivity contribution in [3.05, 3.63) is 12.4 Å². The zero-order chi connectivity index (χ0) is 12.8. The largest absolute Gasteiger partial charge is 0.480 e. The zero-order valence-corrected chi connectivity index (χ0v) is 10.2. The van der Waals surface area contributed by atoms with Crippen LogP contribution in [0.1, 0.15) is 32.1 Å². The van der Waals surface area contributed by atoms with E-state index in [9.17, 15) is 4.79 Å². The van der Waals surface area contributed by atoms with E-state index in [1.807, 2.05) is 0 Å². The van der Waals surface area contributed by atoms with Crippen LogP contribution in [0.25, 0.3) is 0 Å². The maximum absolute atomic E-state index is 10.5. The first kappa shape index (κ1) is 12.6. The molecule has 1 heterocycles. The highest BCUT2D eigenvalue weighted by molar-refractivity contribution is 5.74. The van der Waals surface area contributed by atoms with Gasteiger partial charge in [-0.25, -0.2) is 9.97 Å². The minimum Gasteiger partial charge on any atom is -0.480 e. The number of nitrogens with one attached hydrogen (secondary N) is 2. The summed E-state index contributed by atoms with van der Waals surface area (Å²) in [4.78, 5) is 18.9. The van der Waals surface area contributed by atoms with Gasteiger partial charge < -0.3 is 15.7 Å². The molecular weight excluding hydrogens is 232 g/mol. The van der Waals surface area contributed by atoms with E-state index in [4.69, 9.17) is 5.11 Å². The number of carboxylic acids is 1. The predicted molar refractivity (Wildman–Crippen MR) is 68.7 cm³/mol. The maximum atomic E-state index is 10.5. The molecule has 0 radical (unpaired) electrons. The maximum Gasteiger partial charge on any atom is 0.322 e. The SMILES string of the molecule is O=C(O)CNc1nccnc1NC1CCCCC1. The molecular formula is C12H18N4O2. The molecule has 1 aromatic heterocycles. The van der Waals surface area contributed by atoms with E-state index in [1.54, 1.807) is 12.4 Å². The Balaban J connectivity index is 1.99. The Bertz CT molecular complexity index is 405. The fourth-order valence-corrected chi connectivity index (χ4v) is 2.17. The van der Waals surface area contributed by atoms with Gasteiger partial charge in [0.2, 0.25) is 0 Å². The van der Waals surface area contributed by atoms with Crippen molar-refractivity contribution in [2.24, 2.45) is 0 Å². The van der Waals surface area contributed by atoms with Crippen molar-refractivity contribution in [3.63, 3.8) is 0 Å². The second-order valence-electron chi connectivity index (χ2n) is 4.48. The molecule has 2 rings (SSSR count). The lowest BCUT2D eigenvalue weighted by Gasteiger charge is -2.24. The van der Waals surface area contributed by atoms with Crippen LogP contribution >= 0.6 is 0 Å². The third-order valence-corrected chi connectivity index (χ3v) is 3.05. The van der Waals surface area contributed by atoms with E-state index in [-0.39, 0.29) is 6.54 Å². The van der Waals surface area contributed by atoms with Crippen molar-refractivity contribution >= 4 is 17.6 Å². The number of hydrogen-bond donors (Lipinski definition) is 3. The van der Waals surface area contributed by atoms with Crippen LogP contribution in [0.3, 0.4) is 0 Å². The first-order chi connectivity index (χ1) is 8.75. The molecule has 1 saturated carbocycles. The number of rotatable bonds is 5. The second kappa shape index (κ2) is 6.18. The highest BCUT2D eigenvalue weighted by Crippen LogP contribution is 2.23.